The van der Waals surface area contributed by atoms with Gasteiger partial charge in [0.25, 0.3) is 5.56 Å². The van der Waals surface area contributed by atoms with E-state index in [1.54, 1.807) is 24.5 Å². The highest BCUT2D eigenvalue weighted by molar-refractivity contribution is 5.75. The summed E-state index contributed by atoms with van der Waals surface area (Å²) in [5.74, 6) is -0.291. The van der Waals surface area contributed by atoms with Crippen molar-refractivity contribution < 1.29 is 4.79 Å². The second kappa shape index (κ2) is 4.56. The largest absolute Gasteiger partial charge is 0.369 e. The Balaban J connectivity index is 2.45. The number of carbonyl (C=O) groups is 1. The van der Waals surface area contributed by atoms with Crippen LogP contribution in [-0.4, -0.2) is 20.9 Å². The normalized spacial score (nSPS) is 10.1. The first-order valence-electron chi connectivity index (χ1n) is 4.94. The molecular weight excluding hydrogens is 220 g/mol. The van der Waals surface area contributed by atoms with E-state index in [2.05, 4.69) is 15.0 Å². The van der Waals surface area contributed by atoms with Crippen molar-refractivity contribution in [3.63, 3.8) is 0 Å². The first-order valence-corrected chi connectivity index (χ1v) is 4.94. The highest BCUT2D eigenvalue weighted by atomic mass is 16.1. The Morgan fingerprint density at radius 3 is 2.94 bits per heavy atom. The number of hydrogen-bond donors (Lipinski definition) is 2. The molecule has 17 heavy (non-hydrogen) atoms. The van der Waals surface area contributed by atoms with Gasteiger partial charge in [-0.3, -0.25) is 14.6 Å². The van der Waals surface area contributed by atoms with Crippen molar-refractivity contribution in [3.05, 3.63) is 46.8 Å². The molecule has 0 aliphatic carbocycles. The maximum absolute atomic E-state index is 11.4. The monoisotopic (exact) mass is 230 g/mol. The Bertz CT molecular complexity index is 592. The third-order valence-electron chi connectivity index (χ3n) is 2.09. The van der Waals surface area contributed by atoms with Crippen LogP contribution in [0.25, 0.3) is 11.3 Å². The van der Waals surface area contributed by atoms with E-state index in [9.17, 15) is 9.59 Å². The van der Waals surface area contributed by atoms with Gasteiger partial charge in [-0.15, -0.1) is 0 Å². The molecule has 1 amide bonds. The summed E-state index contributed by atoms with van der Waals surface area (Å²) >= 11 is 0. The first-order chi connectivity index (χ1) is 8.15. The zero-order chi connectivity index (χ0) is 12.3. The van der Waals surface area contributed by atoms with Crippen LogP contribution in [0.2, 0.25) is 0 Å². The van der Waals surface area contributed by atoms with Crippen molar-refractivity contribution in [2.45, 2.75) is 6.42 Å². The molecule has 0 fully saturated rings. The zero-order valence-corrected chi connectivity index (χ0v) is 8.88. The molecule has 0 aliphatic rings. The van der Waals surface area contributed by atoms with Crippen LogP contribution in [-0.2, 0) is 11.2 Å². The molecule has 0 aromatic carbocycles. The van der Waals surface area contributed by atoms with E-state index < -0.39 is 5.91 Å². The molecular formula is C11H10N4O2. The smallest absolute Gasteiger partial charge is 0.251 e. The number of amides is 1. The van der Waals surface area contributed by atoms with E-state index in [1.807, 2.05) is 0 Å². The number of pyridine rings is 1. The van der Waals surface area contributed by atoms with Gasteiger partial charge in [-0.05, 0) is 12.1 Å². The van der Waals surface area contributed by atoms with Gasteiger partial charge in [0.1, 0.15) is 5.82 Å². The minimum atomic E-state index is -0.545. The van der Waals surface area contributed by atoms with Crippen LogP contribution in [0, 0.1) is 0 Å². The van der Waals surface area contributed by atoms with Gasteiger partial charge < -0.3 is 10.7 Å². The average Bonchev–Trinajstić information content (AvgIpc) is 2.28. The van der Waals surface area contributed by atoms with Crippen LogP contribution in [0.15, 0.2) is 35.4 Å². The molecule has 0 atom stereocenters. The predicted molar refractivity (Wildman–Crippen MR) is 61.0 cm³/mol. The summed E-state index contributed by atoms with van der Waals surface area (Å²) < 4.78 is 0. The van der Waals surface area contributed by atoms with Gasteiger partial charge in [0.05, 0.1) is 12.1 Å². The van der Waals surface area contributed by atoms with Crippen molar-refractivity contribution in [1.82, 2.24) is 15.0 Å². The van der Waals surface area contributed by atoms with E-state index in [-0.39, 0.29) is 17.8 Å². The minimum absolute atomic E-state index is 0.0939. The summed E-state index contributed by atoms with van der Waals surface area (Å²) in [5, 5.41) is 0. The number of aromatic nitrogens is 3. The predicted octanol–water partition coefficient (Wildman–Crippen LogP) is -0.140. The Labute approximate surface area is 96.5 Å². The fourth-order valence-corrected chi connectivity index (χ4v) is 1.42. The second-order valence-corrected chi connectivity index (χ2v) is 3.46. The third-order valence-corrected chi connectivity index (χ3v) is 2.09. The molecule has 6 nitrogen and oxygen atoms in total. The number of aromatic amines is 1. The number of nitrogens with one attached hydrogen (secondary N) is 1. The van der Waals surface area contributed by atoms with Gasteiger partial charge in [0, 0.05) is 24.0 Å². The van der Waals surface area contributed by atoms with Crippen molar-refractivity contribution in [3.8, 4) is 11.3 Å². The lowest BCUT2D eigenvalue weighted by atomic mass is 10.2. The van der Waals surface area contributed by atoms with Crippen molar-refractivity contribution >= 4 is 5.91 Å². The van der Waals surface area contributed by atoms with Gasteiger partial charge in [-0.1, -0.05) is 0 Å². The van der Waals surface area contributed by atoms with Gasteiger partial charge in [0.15, 0.2) is 0 Å². The van der Waals surface area contributed by atoms with Crippen LogP contribution in [0.1, 0.15) is 5.82 Å². The maximum atomic E-state index is 11.4. The molecule has 6 heteroatoms. The fraction of sp³-hybridized carbons (Fsp3) is 0.0909. The highest BCUT2D eigenvalue weighted by Gasteiger charge is 2.06. The number of carbonyl (C=O) groups excluding carboxylic acids is 1. The molecule has 0 unspecified atom stereocenters. The van der Waals surface area contributed by atoms with Crippen LogP contribution in [0.3, 0.4) is 0 Å². The van der Waals surface area contributed by atoms with E-state index in [0.29, 0.717) is 11.3 Å². The SMILES string of the molecule is NC(=O)Cc1nc(-c2cccnc2)cc(=O)[nH]1. The number of nitrogens with two attached hydrogens (primary N) is 1. The first kappa shape index (κ1) is 11.0. The Morgan fingerprint density at radius 1 is 1.47 bits per heavy atom. The molecule has 0 radical (unpaired) electrons. The summed E-state index contributed by atoms with van der Waals surface area (Å²) in [5.41, 5.74) is 5.91. The lowest BCUT2D eigenvalue weighted by molar-refractivity contribution is -0.117. The average molecular weight is 230 g/mol. The van der Waals surface area contributed by atoms with Crippen LogP contribution >= 0.6 is 0 Å². The lowest BCUT2D eigenvalue weighted by Gasteiger charge is -2.02. The fourth-order valence-electron chi connectivity index (χ4n) is 1.42. The van der Waals surface area contributed by atoms with Crippen LogP contribution in [0.4, 0.5) is 0 Å². The molecule has 0 saturated carbocycles. The Hall–Kier alpha value is -2.50. The summed E-state index contributed by atoms with van der Waals surface area (Å²) in [6.45, 7) is 0. The summed E-state index contributed by atoms with van der Waals surface area (Å²) in [6, 6.07) is 4.87. The molecule has 0 saturated heterocycles. The lowest BCUT2D eigenvalue weighted by Crippen LogP contribution is -2.19. The standard InChI is InChI=1S/C11H10N4O2/c12-9(16)5-10-14-8(4-11(17)15-10)7-2-1-3-13-6-7/h1-4,6H,5H2,(H2,12,16)(H,14,15,17). The third kappa shape index (κ3) is 2.75. The molecule has 86 valence electrons. The van der Waals surface area contributed by atoms with Gasteiger partial charge in [-0.2, -0.15) is 0 Å². The maximum Gasteiger partial charge on any atom is 0.251 e. The Morgan fingerprint density at radius 2 is 2.29 bits per heavy atom. The van der Waals surface area contributed by atoms with E-state index in [0.717, 1.165) is 0 Å². The van der Waals surface area contributed by atoms with E-state index >= 15 is 0 Å². The highest BCUT2D eigenvalue weighted by Crippen LogP contribution is 2.12. The quantitative estimate of drug-likeness (QED) is 0.766. The van der Waals surface area contributed by atoms with Gasteiger partial charge in [-0.25, -0.2) is 4.98 Å². The van der Waals surface area contributed by atoms with Gasteiger partial charge in [0.2, 0.25) is 5.91 Å². The number of rotatable bonds is 3. The number of nitrogens with zero attached hydrogens (tertiary/aromatic N) is 2. The summed E-state index contributed by atoms with van der Waals surface area (Å²) in [4.78, 5) is 32.7. The molecule has 2 rings (SSSR count). The van der Waals surface area contributed by atoms with Crippen LogP contribution < -0.4 is 11.3 Å². The number of H-pyrrole nitrogens is 1. The number of primary amides is 1. The van der Waals surface area contributed by atoms with E-state index in [4.69, 9.17) is 5.73 Å². The number of hydrogen-bond acceptors (Lipinski definition) is 4. The molecule has 0 aliphatic heterocycles. The second-order valence-electron chi connectivity index (χ2n) is 3.46. The Kier molecular flexibility index (Phi) is 2.95. The van der Waals surface area contributed by atoms with Crippen LogP contribution in [0.5, 0.6) is 0 Å². The minimum Gasteiger partial charge on any atom is -0.369 e. The summed E-state index contributed by atoms with van der Waals surface area (Å²) in [7, 11) is 0. The molecule has 0 spiro atoms. The van der Waals surface area contributed by atoms with Crippen molar-refractivity contribution in [1.29, 1.82) is 0 Å². The topological polar surface area (TPSA) is 102 Å². The van der Waals surface area contributed by atoms with E-state index in [1.165, 1.54) is 6.07 Å². The van der Waals surface area contributed by atoms with Crippen molar-refractivity contribution in [2.24, 2.45) is 5.73 Å². The molecule has 2 aromatic rings. The van der Waals surface area contributed by atoms with Gasteiger partial charge >= 0.3 is 0 Å². The molecule has 3 N–H and O–H groups in total. The summed E-state index contributed by atoms with van der Waals surface area (Å²) in [6.07, 6.45) is 3.13. The van der Waals surface area contributed by atoms with Crippen molar-refractivity contribution in [2.75, 3.05) is 0 Å². The molecule has 2 heterocycles. The zero-order valence-electron chi connectivity index (χ0n) is 8.88. The molecule has 0 bridgehead atoms. The molecule has 2 aromatic heterocycles.